The predicted octanol–water partition coefficient (Wildman–Crippen LogP) is 13.7. The van der Waals surface area contributed by atoms with E-state index in [2.05, 4.69) is 57.0 Å². The lowest BCUT2D eigenvalue weighted by Crippen LogP contribution is -2.28. The van der Waals surface area contributed by atoms with E-state index in [4.69, 9.17) is 14.2 Å². The largest absolute Gasteiger partial charge is 0.463 e. The van der Waals surface area contributed by atoms with Crippen molar-refractivity contribution in [1.82, 2.24) is 4.90 Å². The van der Waals surface area contributed by atoms with Gasteiger partial charge in [0, 0.05) is 19.6 Å². The van der Waals surface area contributed by atoms with Crippen LogP contribution in [0.3, 0.4) is 0 Å². The summed E-state index contributed by atoms with van der Waals surface area (Å²) in [5.74, 6) is -0.126. The summed E-state index contributed by atoms with van der Waals surface area (Å²) in [6, 6.07) is 0. The summed E-state index contributed by atoms with van der Waals surface area (Å²) in [6.07, 6.45) is 47.3. The molecule has 0 heterocycles. The fraction of sp³-hybridized carbons (Fsp3) is 0.891. The van der Waals surface area contributed by atoms with Crippen LogP contribution in [0, 0.1) is 0 Å². The number of hydrogen-bond acceptors (Lipinski definition) is 5. The summed E-state index contributed by atoms with van der Waals surface area (Å²) < 4.78 is 17.8. The lowest BCUT2D eigenvalue weighted by molar-refractivity contribution is -0.150. The van der Waals surface area contributed by atoms with Crippen LogP contribution in [0.4, 0.5) is 0 Å². The summed E-state index contributed by atoms with van der Waals surface area (Å²) in [7, 11) is 2.08. The Kier molecular flexibility index (Phi) is 42.2. The number of carbonyl (C=O) groups is 1. The quantitative estimate of drug-likeness (QED) is 0.0357. The van der Waals surface area contributed by atoms with Crippen LogP contribution in [0.5, 0.6) is 0 Å². The summed E-state index contributed by atoms with van der Waals surface area (Å²) in [5, 5.41) is 0. The van der Waals surface area contributed by atoms with Crippen LogP contribution in [-0.2, 0) is 19.0 Å². The van der Waals surface area contributed by atoms with Crippen LogP contribution in [0.15, 0.2) is 24.3 Å². The molecule has 0 radical (unpaired) electrons. The number of carbonyl (C=O) groups excluding carboxylic acids is 1. The highest BCUT2D eigenvalue weighted by Gasteiger charge is 2.13. The molecular formula is C46H89NO4. The fourth-order valence-electron chi connectivity index (χ4n) is 6.32. The molecule has 0 aromatic rings. The smallest absolute Gasteiger partial charge is 0.305 e. The van der Waals surface area contributed by atoms with Gasteiger partial charge < -0.3 is 19.1 Å². The van der Waals surface area contributed by atoms with Gasteiger partial charge in [0.2, 0.25) is 0 Å². The summed E-state index contributed by atoms with van der Waals surface area (Å²) in [4.78, 5) is 14.6. The van der Waals surface area contributed by atoms with Gasteiger partial charge >= 0.3 is 5.97 Å². The van der Waals surface area contributed by atoms with Gasteiger partial charge in [0.15, 0.2) is 0 Å². The molecule has 302 valence electrons. The Morgan fingerprint density at radius 2 is 0.922 bits per heavy atom. The third-order valence-electron chi connectivity index (χ3n) is 10.0. The highest BCUT2D eigenvalue weighted by molar-refractivity contribution is 5.69. The second kappa shape index (κ2) is 43.2. The van der Waals surface area contributed by atoms with Gasteiger partial charge in [-0.15, -0.1) is 0 Å². The van der Waals surface area contributed by atoms with Gasteiger partial charge in [-0.1, -0.05) is 161 Å². The Morgan fingerprint density at radius 1 is 0.510 bits per heavy atom. The van der Waals surface area contributed by atoms with E-state index in [1.807, 2.05) is 0 Å². The van der Waals surface area contributed by atoms with Gasteiger partial charge in [0.1, 0.15) is 12.7 Å². The van der Waals surface area contributed by atoms with E-state index in [0.29, 0.717) is 26.2 Å². The van der Waals surface area contributed by atoms with E-state index in [9.17, 15) is 4.79 Å². The lowest BCUT2D eigenvalue weighted by Gasteiger charge is -2.19. The number of unbranched alkanes of at least 4 members (excludes halogenated alkanes) is 24. The average molecular weight is 720 g/mol. The number of hydrogen-bond donors (Lipinski definition) is 0. The van der Waals surface area contributed by atoms with Gasteiger partial charge in [-0.05, 0) is 90.8 Å². The third kappa shape index (κ3) is 41.4. The standard InChI is InChI=1S/C46H89NO4/c1-5-8-10-12-14-16-18-20-22-24-26-28-30-32-34-36-41-49-43-45(44-51-46(48)39-38-40-47(4)7-3)50-42-37-35-33-31-29-27-25-23-21-19-17-15-13-11-9-6-2/h20-23,45H,5-19,24-44H2,1-4H3/b22-20-,23-21-. The van der Waals surface area contributed by atoms with E-state index >= 15 is 0 Å². The van der Waals surface area contributed by atoms with Crippen LogP contribution >= 0.6 is 0 Å². The molecule has 0 N–H and O–H groups in total. The van der Waals surface area contributed by atoms with Crippen molar-refractivity contribution < 1.29 is 19.0 Å². The van der Waals surface area contributed by atoms with Crippen molar-refractivity contribution in [1.29, 1.82) is 0 Å². The Hall–Kier alpha value is -1.17. The van der Waals surface area contributed by atoms with Crippen molar-refractivity contribution in [3.05, 3.63) is 24.3 Å². The molecule has 1 unspecified atom stereocenters. The SMILES string of the molecule is CCCCCCCC/C=C\CCCCCCCCOCC(COC(=O)CCCN(C)CC)OCCCCCCCC/C=C\CCCCCCCC. The molecule has 0 aliphatic carbocycles. The first-order valence-corrected chi connectivity index (χ1v) is 22.5. The fourth-order valence-corrected chi connectivity index (χ4v) is 6.32. The number of allylic oxidation sites excluding steroid dienone is 4. The zero-order valence-corrected chi connectivity index (χ0v) is 34.9. The molecule has 5 heteroatoms. The molecule has 0 bridgehead atoms. The minimum Gasteiger partial charge on any atom is -0.463 e. The lowest BCUT2D eigenvalue weighted by atomic mass is 10.1. The Labute approximate surface area is 319 Å². The van der Waals surface area contributed by atoms with E-state index in [1.165, 1.54) is 167 Å². The van der Waals surface area contributed by atoms with Gasteiger partial charge in [-0.25, -0.2) is 0 Å². The zero-order chi connectivity index (χ0) is 37.1. The van der Waals surface area contributed by atoms with Gasteiger partial charge in [-0.2, -0.15) is 0 Å². The molecule has 0 aromatic heterocycles. The minimum atomic E-state index is -0.176. The van der Waals surface area contributed by atoms with E-state index < -0.39 is 0 Å². The Bertz CT molecular complexity index is 739. The van der Waals surface area contributed by atoms with Gasteiger partial charge in [0.05, 0.1) is 6.61 Å². The first-order valence-electron chi connectivity index (χ1n) is 22.5. The molecule has 0 saturated carbocycles. The monoisotopic (exact) mass is 720 g/mol. The highest BCUT2D eigenvalue weighted by atomic mass is 16.6. The maximum atomic E-state index is 12.3. The van der Waals surface area contributed by atoms with Crippen molar-refractivity contribution in [3.8, 4) is 0 Å². The molecule has 5 nitrogen and oxygen atoms in total. The number of rotatable bonds is 42. The molecule has 0 amide bonds. The summed E-state index contributed by atoms with van der Waals surface area (Å²) in [5.41, 5.74) is 0. The van der Waals surface area contributed by atoms with Crippen molar-refractivity contribution in [3.63, 3.8) is 0 Å². The number of esters is 1. The van der Waals surface area contributed by atoms with E-state index in [-0.39, 0.29) is 12.1 Å². The van der Waals surface area contributed by atoms with E-state index in [0.717, 1.165) is 39.0 Å². The Balaban J connectivity index is 3.99. The average Bonchev–Trinajstić information content (AvgIpc) is 3.14. The molecular weight excluding hydrogens is 631 g/mol. The molecule has 0 fully saturated rings. The van der Waals surface area contributed by atoms with Gasteiger partial charge in [0.25, 0.3) is 0 Å². The molecule has 1 atom stereocenters. The number of nitrogens with zero attached hydrogens (tertiary/aromatic N) is 1. The van der Waals surface area contributed by atoms with E-state index in [1.54, 1.807) is 0 Å². The first-order chi connectivity index (χ1) is 25.1. The van der Waals surface area contributed by atoms with Crippen LogP contribution in [0.2, 0.25) is 0 Å². The minimum absolute atomic E-state index is 0.126. The first kappa shape index (κ1) is 49.8. The molecule has 51 heavy (non-hydrogen) atoms. The molecule has 0 aliphatic rings. The molecule has 0 aliphatic heterocycles. The summed E-state index contributed by atoms with van der Waals surface area (Å²) in [6.45, 7) is 10.9. The van der Waals surface area contributed by atoms with Crippen molar-refractivity contribution in [2.75, 3.05) is 46.6 Å². The topological polar surface area (TPSA) is 48.0 Å². The van der Waals surface area contributed by atoms with Crippen LogP contribution in [-0.4, -0.2) is 63.5 Å². The second-order valence-corrected chi connectivity index (χ2v) is 15.1. The van der Waals surface area contributed by atoms with Crippen molar-refractivity contribution in [2.45, 2.75) is 219 Å². The van der Waals surface area contributed by atoms with Crippen molar-refractivity contribution >= 4 is 5.97 Å². The molecule has 0 aromatic carbocycles. The Morgan fingerprint density at radius 3 is 1.37 bits per heavy atom. The van der Waals surface area contributed by atoms with Crippen molar-refractivity contribution in [2.24, 2.45) is 0 Å². The molecule has 0 rings (SSSR count). The summed E-state index contributed by atoms with van der Waals surface area (Å²) >= 11 is 0. The van der Waals surface area contributed by atoms with Gasteiger partial charge in [-0.3, -0.25) is 4.79 Å². The molecule has 0 spiro atoms. The third-order valence-corrected chi connectivity index (χ3v) is 10.0. The zero-order valence-electron chi connectivity index (χ0n) is 34.9. The molecule has 0 saturated heterocycles. The predicted molar refractivity (Wildman–Crippen MR) is 223 cm³/mol. The van der Waals surface area contributed by atoms with Crippen LogP contribution in [0.1, 0.15) is 213 Å². The number of ether oxygens (including phenoxy) is 3. The maximum absolute atomic E-state index is 12.3. The second-order valence-electron chi connectivity index (χ2n) is 15.1. The maximum Gasteiger partial charge on any atom is 0.305 e. The van der Waals surface area contributed by atoms with Crippen LogP contribution < -0.4 is 0 Å². The highest BCUT2D eigenvalue weighted by Crippen LogP contribution is 2.12. The van der Waals surface area contributed by atoms with Crippen LogP contribution in [0.25, 0.3) is 0 Å². The normalized spacial score (nSPS) is 12.6.